The van der Waals surface area contributed by atoms with Gasteiger partial charge in [0.1, 0.15) is 5.60 Å². The summed E-state index contributed by atoms with van der Waals surface area (Å²) in [4.78, 5) is 13.8. The van der Waals surface area contributed by atoms with Gasteiger partial charge in [-0.15, -0.1) is 0 Å². The van der Waals surface area contributed by atoms with E-state index < -0.39 is 5.60 Å². The molecule has 0 aliphatic carbocycles. The van der Waals surface area contributed by atoms with Crippen molar-refractivity contribution in [2.45, 2.75) is 64.7 Å². The van der Waals surface area contributed by atoms with Crippen molar-refractivity contribution >= 4 is 6.09 Å². The molecule has 2 rings (SSSR count). The minimum atomic E-state index is -0.419. The van der Waals surface area contributed by atoms with Gasteiger partial charge in [-0.3, -0.25) is 0 Å². The molecular formula is C16H30N2O3. The highest BCUT2D eigenvalue weighted by Gasteiger charge is 2.31. The summed E-state index contributed by atoms with van der Waals surface area (Å²) in [6.07, 6.45) is 3.45. The Balaban J connectivity index is 1.71. The largest absolute Gasteiger partial charge is 0.444 e. The molecule has 1 N–H and O–H groups in total. The van der Waals surface area contributed by atoms with Gasteiger partial charge in [0.05, 0.1) is 6.10 Å². The second-order valence-corrected chi connectivity index (χ2v) is 7.19. The van der Waals surface area contributed by atoms with E-state index in [-0.39, 0.29) is 6.09 Å². The maximum atomic E-state index is 12.0. The first-order valence-electron chi connectivity index (χ1n) is 8.22. The number of nitrogens with one attached hydrogen (secondary N) is 1. The third-order valence-corrected chi connectivity index (χ3v) is 4.26. The number of hydrogen-bond acceptors (Lipinski definition) is 4. The van der Waals surface area contributed by atoms with Crippen LogP contribution in [0.3, 0.4) is 0 Å². The van der Waals surface area contributed by atoms with Crippen molar-refractivity contribution in [2.75, 3.05) is 26.2 Å². The molecule has 1 amide bonds. The molecule has 0 aromatic rings. The summed E-state index contributed by atoms with van der Waals surface area (Å²) >= 11 is 0. The summed E-state index contributed by atoms with van der Waals surface area (Å²) in [7, 11) is 0. The van der Waals surface area contributed by atoms with Gasteiger partial charge in [-0.05, 0) is 46.0 Å². The van der Waals surface area contributed by atoms with Crippen molar-refractivity contribution in [1.82, 2.24) is 10.2 Å². The van der Waals surface area contributed by atoms with E-state index in [0.717, 1.165) is 45.5 Å². The molecule has 0 aromatic heterocycles. The molecule has 0 saturated carbocycles. The standard InChI is InChI=1S/C16H30N2O3/c1-5-14-12(7-9-20-14)10-17-13-6-8-18(11-13)15(19)21-16(2,3)4/h12-14,17H,5-11H2,1-4H3. The zero-order valence-corrected chi connectivity index (χ0v) is 13.9. The molecule has 21 heavy (non-hydrogen) atoms. The fourth-order valence-electron chi connectivity index (χ4n) is 3.11. The molecule has 3 unspecified atom stereocenters. The Morgan fingerprint density at radius 1 is 1.38 bits per heavy atom. The Hall–Kier alpha value is -0.810. The smallest absolute Gasteiger partial charge is 0.410 e. The quantitative estimate of drug-likeness (QED) is 0.866. The number of likely N-dealkylation sites (tertiary alicyclic amines) is 1. The third-order valence-electron chi connectivity index (χ3n) is 4.26. The maximum absolute atomic E-state index is 12.0. The van der Waals surface area contributed by atoms with Gasteiger partial charge in [0.2, 0.25) is 0 Å². The van der Waals surface area contributed by atoms with Crippen molar-refractivity contribution in [3.63, 3.8) is 0 Å². The Kier molecular flexibility index (Phi) is 5.49. The van der Waals surface area contributed by atoms with Crippen LogP contribution >= 0.6 is 0 Å². The summed E-state index contributed by atoms with van der Waals surface area (Å²) in [6.45, 7) is 11.3. The van der Waals surface area contributed by atoms with Crippen molar-refractivity contribution in [2.24, 2.45) is 5.92 Å². The van der Waals surface area contributed by atoms with E-state index in [0.29, 0.717) is 18.1 Å². The van der Waals surface area contributed by atoms with Gasteiger partial charge in [-0.2, -0.15) is 0 Å². The molecule has 0 bridgehead atoms. The Bertz CT molecular complexity index is 354. The Morgan fingerprint density at radius 3 is 2.81 bits per heavy atom. The molecule has 0 aromatic carbocycles. The molecule has 5 nitrogen and oxygen atoms in total. The summed E-state index contributed by atoms with van der Waals surface area (Å²) in [5.41, 5.74) is -0.419. The molecule has 2 saturated heterocycles. The van der Waals surface area contributed by atoms with Crippen LogP contribution in [-0.4, -0.2) is 55.0 Å². The summed E-state index contributed by atoms with van der Waals surface area (Å²) in [6, 6.07) is 0.385. The zero-order valence-electron chi connectivity index (χ0n) is 13.9. The topological polar surface area (TPSA) is 50.8 Å². The fourth-order valence-corrected chi connectivity index (χ4v) is 3.11. The number of rotatable bonds is 4. The summed E-state index contributed by atoms with van der Waals surface area (Å²) in [5.74, 6) is 0.616. The van der Waals surface area contributed by atoms with Crippen LogP contribution in [0.4, 0.5) is 4.79 Å². The lowest BCUT2D eigenvalue weighted by molar-refractivity contribution is 0.0290. The van der Waals surface area contributed by atoms with Crippen LogP contribution < -0.4 is 5.32 Å². The highest BCUT2D eigenvalue weighted by atomic mass is 16.6. The number of nitrogens with zero attached hydrogens (tertiary/aromatic N) is 1. The van der Waals surface area contributed by atoms with Crippen molar-refractivity contribution in [1.29, 1.82) is 0 Å². The van der Waals surface area contributed by atoms with E-state index in [9.17, 15) is 4.79 Å². The van der Waals surface area contributed by atoms with Crippen LogP contribution in [0.1, 0.15) is 47.0 Å². The van der Waals surface area contributed by atoms with Crippen molar-refractivity contribution < 1.29 is 14.3 Å². The molecule has 0 radical (unpaired) electrons. The van der Waals surface area contributed by atoms with Crippen molar-refractivity contribution in [3.8, 4) is 0 Å². The van der Waals surface area contributed by atoms with Gasteiger partial charge in [0.25, 0.3) is 0 Å². The first kappa shape index (κ1) is 16.6. The van der Waals surface area contributed by atoms with E-state index in [1.807, 2.05) is 25.7 Å². The van der Waals surface area contributed by atoms with E-state index in [1.165, 1.54) is 0 Å². The maximum Gasteiger partial charge on any atom is 0.410 e. The fraction of sp³-hybridized carbons (Fsp3) is 0.938. The van der Waals surface area contributed by atoms with Gasteiger partial charge in [0.15, 0.2) is 0 Å². The predicted molar refractivity (Wildman–Crippen MR) is 82.4 cm³/mol. The van der Waals surface area contributed by atoms with E-state index in [2.05, 4.69) is 12.2 Å². The van der Waals surface area contributed by atoms with Crippen LogP contribution in [0, 0.1) is 5.92 Å². The number of carbonyl (C=O) groups is 1. The molecule has 2 aliphatic rings. The van der Waals surface area contributed by atoms with Crippen LogP contribution in [-0.2, 0) is 9.47 Å². The minimum Gasteiger partial charge on any atom is -0.444 e. The zero-order chi connectivity index (χ0) is 15.5. The molecule has 2 aliphatic heterocycles. The van der Waals surface area contributed by atoms with Crippen LogP contribution in [0.25, 0.3) is 0 Å². The molecule has 2 heterocycles. The van der Waals surface area contributed by atoms with E-state index in [1.54, 1.807) is 0 Å². The highest BCUT2D eigenvalue weighted by Crippen LogP contribution is 2.23. The highest BCUT2D eigenvalue weighted by molar-refractivity contribution is 5.68. The number of ether oxygens (including phenoxy) is 2. The summed E-state index contributed by atoms with van der Waals surface area (Å²) in [5, 5.41) is 3.61. The monoisotopic (exact) mass is 298 g/mol. The molecule has 3 atom stereocenters. The molecule has 0 spiro atoms. The predicted octanol–water partition coefficient (Wildman–Crippen LogP) is 2.40. The lowest BCUT2D eigenvalue weighted by Gasteiger charge is -2.25. The summed E-state index contributed by atoms with van der Waals surface area (Å²) < 4.78 is 11.1. The van der Waals surface area contributed by atoms with E-state index in [4.69, 9.17) is 9.47 Å². The lowest BCUT2D eigenvalue weighted by atomic mass is 9.99. The average Bonchev–Trinajstić information content (AvgIpc) is 3.03. The average molecular weight is 298 g/mol. The molecular weight excluding hydrogens is 268 g/mol. The number of carbonyl (C=O) groups excluding carboxylic acids is 1. The Labute approximate surface area is 128 Å². The Morgan fingerprint density at radius 2 is 2.14 bits per heavy atom. The third kappa shape index (κ3) is 4.85. The molecule has 5 heteroatoms. The van der Waals surface area contributed by atoms with E-state index >= 15 is 0 Å². The van der Waals surface area contributed by atoms with Crippen LogP contribution in [0.5, 0.6) is 0 Å². The minimum absolute atomic E-state index is 0.192. The van der Waals surface area contributed by atoms with Gasteiger partial charge < -0.3 is 19.7 Å². The van der Waals surface area contributed by atoms with Crippen LogP contribution in [0.15, 0.2) is 0 Å². The van der Waals surface area contributed by atoms with Crippen LogP contribution in [0.2, 0.25) is 0 Å². The second-order valence-electron chi connectivity index (χ2n) is 7.19. The van der Waals surface area contributed by atoms with Gasteiger partial charge >= 0.3 is 6.09 Å². The number of amides is 1. The first-order valence-corrected chi connectivity index (χ1v) is 8.22. The molecule has 2 fully saturated rings. The second kappa shape index (κ2) is 6.97. The SMILES string of the molecule is CCC1OCCC1CNC1CCN(C(=O)OC(C)(C)C)C1. The normalized spacial score (nSPS) is 29.9. The number of hydrogen-bond donors (Lipinski definition) is 1. The van der Waals surface area contributed by atoms with Gasteiger partial charge in [0, 0.05) is 32.3 Å². The molecule has 122 valence electrons. The lowest BCUT2D eigenvalue weighted by Crippen LogP contribution is -2.40. The van der Waals surface area contributed by atoms with Crippen molar-refractivity contribution in [3.05, 3.63) is 0 Å². The first-order chi connectivity index (χ1) is 9.89. The van der Waals surface area contributed by atoms with Gasteiger partial charge in [-0.25, -0.2) is 4.79 Å². The van der Waals surface area contributed by atoms with Gasteiger partial charge in [-0.1, -0.05) is 6.92 Å².